The number of nitrogens with zero attached hydrogens (tertiary/aromatic N) is 3. The first-order valence-corrected chi connectivity index (χ1v) is 7.02. The van der Waals surface area contributed by atoms with Crippen LogP contribution in [0.1, 0.15) is 43.7 Å². The Morgan fingerprint density at radius 3 is 2.82 bits per heavy atom. The van der Waals surface area contributed by atoms with Gasteiger partial charge in [-0.1, -0.05) is 19.3 Å². The van der Waals surface area contributed by atoms with Gasteiger partial charge in [-0.2, -0.15) is 5.10 Å². The summed E-state index contributed by atoms with van der Waals surface area (Å²) in [6, 6.07) is 2.24. The Morgan fingerprint density at radius 2 is 2.06 bits per heavy atom. The molecule has 0 bridgehead atoms. The second-order valence-electron chi connectivity index (χ2n) is 4.89. The predicted octanol–water partition coefficient (Wildman–Crippen LogP) is 3.42. The summed E-state index contributed by atoms with van der Waals surface area (Å²) in [5, 5.41) is 4.69. The highest BCUT2D eigenvalue weighted by atomic mass is 35.5. The number of hydrogen-bond acceptors (Lipinski definition) is 1. The first-order valence-electron chi connectivity index (χ1n) is 6.49. The standard InChI is InChI=1S/C13H18ClN3/c14-6-7-16-8-9-17-13(16)10-12(15-17)11-4-2-1-3-5-11/h8-11H,1-7H2. The van der Waals surface area contributed by atoms with Crippen molar-refractivity contribution in [2.24, 2.45) is 0 Å². The van der Waals surface area contributed by atoms with Gasteiger partial charge in [0.25, 0.3) is 0 Å². The normalized spacial score (nSPS) is 17.9. The summed E-state index contributed by atoms with van der Waals surface area (Å²) in [6.45, 7) is 0.855. The number of rotatable bonds is 3. The van der Waals surface area contributed by atoms with E-state index in [1.54, 1.807) is 0 Å². The second-order valence-corrected chi connectivity index (χ2v) is 5.27. The van der Waals surface area contributed by atoms with Gasteiger partial charge in [-0.25, -0.2) is 4.52 Å². The molecule has 0 spiro atoms. The summed E-state index contributed by atoms with van der Waals surface area (Å²) in [5.41, 5.74) is 2.44. The van der Waals surface area contributed by atoms with Gasteiger partial charge in [-0.3, -0.25) is 0 Å². The Labute approximate surface area is 106 Å². The van der Waals surface area contributed by atoms with Gasteiger partial charge in [0.05, 0.1) is 5.69 Å². The van der Waals surface area contributed by atoms with Crippen LogP contribution < -0.4 is 0 Å². The molecule has 1 aliphatic rings. The SMILES string of the molecule is ClCCn1ccn2nc(C3CCCCC3)cc12. The topological polar surface area (TPSA) is 22.2 Å². The molecule has 0 radical (unpaired) electrons. The molecule has 2 aromatic heterocycles. The summed E-state index contributed by atoms with van der Waals surface area (Å²) >= 11 is 5.80. The van der Waals surface area contributed by atoms with Crippen molar-refractivity contribution in [2.45, 2.75) is 44.6 Å². The maximum Gasteiger partial charge on any atom is 0.136 e. The molecule has 1 fully saturated rings. The van der Waals surface area contributed by atoms with Crippen molar-refractivity contribution in [3.05, 3.63) is 24.2 Å². The Morgan fingerprint density at radius 1 is 1.24 bits per heavy atom. The van der Waals surface area contributed by atoms with Crippen molar-refractivity contribution in [3.8, 4) is 0 Å². The van der Waals surface area contributed by atoms with Gasteiger partial charge >= 0.3 is 0 Å². The maximum atomic E-state index is 5.80. The fourth-order valence-electron chi connectivity index (χ4n) is 2.83. The molecule has 0 aromatic carbocycles. The van der Waals surface area contributed by atoms with E-state index in [0.717, 1.165) is 6.54 Å². The van der Waals surface area contributed by atoms with E-state index in [9.17, 15) is 0 Å². The molecule has 92 valence electrons. The Kier molecular flexibility index (Phi) is 3.10. The van der Waals surface area contributed by atoms with Crippen LogP contribution in [-0.2, 0) is 6.54 Å². The van der Waals surface area contributed by atoms with Crippen LogP contribution >= 0.6 is 11.6 Å². The highest BCUT2D eigenvalue weighted by Crippen LogP contribution is 2.32. The van der Waals surface area contributed by atoms with Gasteiger partial charge in [0.1, 0.15) is 5.65 Å². The third-order valence-electron chi connectivity index (χ3n) is 3.77. The lowest BCUT2D eigenvalue weighted by molar-refractivity contribution is 0.435. The number of alkyl halides is 1. The number of hydrogen-bond donors (Lipinski definition) is 0. The van der Waals surface area contributed by atoms with Gasteiger partial charge in [0, 0.05) is 36.8 Å². The molecule has 1 aliphatic carbocycles. The van der Waals surface area contributed by atoms with Crippen LogP contribution in [0.5, 0.6) is 0 Å². The highest BCUT2D eigenvalue weighted by molar-refractivity contribution is 6.17. The molecule has 0 N–H and O–H groups in total. The average molecular weight is 252 g/mol. The molecule has 0 atom stereocenters. The summed E-state index contributed by atoms with van der Waals surface area (Å²) in [6.07, 6.45) is 10.8. The molecule has 17 heavy (non-hydrogen) atoms. The molecule has 4 heteroatoms. The molecular weight excluding hydrogens is 234 g/mol. The van der Waals surface area contributed by atoms with Gasteiger partial charge in [0.2, 0.25) is 0 Å². The fraction of sp³-hybridized carbons (Fsp3) is 0.615. The van der Waals surface area contributed by atoms with Gasteiger partial charge in [-0.15, -0.1) is 11.6 Å². The molecule has 0 unspecified atom stereocenters. The molecular formula is C13H18ClN3. The zero-order valence-corrected chi connectivity index (χ0v) is 10.7. The number of fused-ring (bicyclic) bond motifs is 1. The Balaban J connectivity index is 1.90. The monoisotopic (exact) mass is 251 g/mol. The first kappa shape index (κ1) is 11.1. The van der Waals surface area contributed by atoms with Crippen LogP contribution in [0, 0.1) is 0 Å². The van der Waals surface area contributed by atoms with Crippen molar-refractivity contribution in [3.63, 3.8) is 0 Å². The third-order valence-corrected chi connectivity index (χ3v) is 3.93. The van der Waals surface area contributed by atoms with E-state index in [4.69, 9.17) is 16.7 Å². The maximum absolute atomic E-state index is 5.80. The molecule has 3 rings (SSSR count). The van der Waals surface area contributed by atoms with Gasteiger partial charge < -0.3 is 4.57 Å². The van der Waals surface area contributed by atoms with Gasteiger partial charge in [0.15, 0.2) is 0 Å². The number of halogens is 1. The van der Waals surface area contributed by atoms with Crippen LogP contribution in [-0.4, -0.2) is 20.1 Å². The Bertz CT molecular complexity index is 494. The van der Waals surface area contributed by atoms with Crippen LogP contribution in [0.2, 0.25) is 0 Å². The minimum Gasteiger partial charge on any atom is -0.330 e. The first-order chi connectivity index (χ1) is 8.38. The van der Waals surface area contributed by atoms with Crippen LogP contribution in [0.4, 0.5) is 0 Å². The molecule has 0 amide bonds. The molecule has 0 aliphatic heterocycles. The molecule has 3 nitrogen and oxygen atoms in total. The molecule has 0 saturated heterocycles. The molecule has 2 aromatic rings. The van der Waals surface area contributed by atoms with E-state index >= 15 is 0 Å². The second kappa shape index (κ2) is 4.73. The summed E-state index contributed by atoms with van der Waals surface area (Å²) < 4.78 is 4.16. The zero-order chi connectivity index (χ0) is 11.7. The van der Waals surface area contributed by atoms with E-state index in [2.05, 4.69) is 16.8 Å². The summed E-state index contributed by atoms with van der Waals surface area (Å²) in [4.78, 5) is 0. The fourth-order valence-corrected chi connectivity index (χ4v) is 3.01. The quantitative estimate of drug-likeness (QED) is 0.767. The lowest BCUT2D eigenvalue weighted by Crippen LogP contribution is -2.05. The Hall–Kier alpha value is -0.960. The predicted molar refractivity (Wildman–Crippen MR) is 69.7 cm³/mol. The van der Waals surface area contributed by atoms with Crippen molar-refractivity contribution in [1.82, 2.24) is 14.2 Å². The van der Waals surface area contributed by atoms with Crippen molar-refractivity contribution < 1.29 is 0 Å². The highest BCUT2D eigenvalue weighted by Gasteiger charge is 2.19. The van der Waals surface area contributed by atoms with E-state index in [1.807, 2.05) is 10.7 Å². The molecule has 2 heterocycles. The van der Waals surface area contributed by atoms with E-state index in [0.29, 0.717) is 11.8 Å². The zero-order valence-electron chi connectivity index (χ0n) is 9.98. The van der Waals surface area contributed by atoms with Crippen molar-refractivity contribution >= 4 is 17.2 Å². The van der Waals surface area contributed by atoms with E-state index in [1.165, 1.54) is 43.4 Å². The lowest BCUT2D eigenvalue weighted by atomic mass is 9.87. The number of aromatic nitrogens is 3. The lowest BCUT2D eigenvalue weighted by Gasteiger charge is -2.19. The average Bonchev–Trinajstić information content (AvgIpc) is 2.93. The van der Waals surface area contributed by atoms with Crippen molar-refractivity contribution in [1.29, 1.82) is 0 Å². The van der Waals surface area contributed by atoms with Crippen LogP contribution in [0.15, 0.2) is 18.5 Å². The summed E-state index contributed by atoms with van der Waals surface area (Å²) in [5.74, 6) is 1.32. The largest absolute Gasteiger partial charge is 0.330 e. The van der Waals surface area contributed by atoms with Crippen LogP contribution in [0.25, 0.3) is 5.65 Å². The molecule has 1 saturated carbocycles. The van der Waals surface area contributed by atoms with Crippen LogP contribution in [0.3, 0.4) is 0 Å². The van der Waals surface area contributed by atoms with E-state index in [-0.39, 0.29) is 0 Å². The third kappa shape index (κ3) is 2.08. The van der Waals surface area contributed by atoms with E-state index < -0.39 is 0 Å². The smallest absolute Gasteiger partial charge is 0.136 e. The minimum absolute atomic E-state index is 0.647. The van der Waals surface area contributed by atoms with Crippen molar-refractivity contribution in [2.75, 3.05) is 5.88 Å². The minimum atomic E-state index is 0.647. The number of imidazole rings is 1. The number of aryl methyl sites for hydroxylation is 1. The summed E-state index contributed by atoms with van der Waals surface area (Å²) in [7, 11) is 0. The van der Waals surface area contributed by atoms with Gasteiger partial charge in [-0.05, 0) is 12.8 Å².